The number of hydrogen-bond donors (Lipinski definition) is 0. The Morgan fingerprint density at radius 3 is 3.20 bits per heavy atom. The second-order valence-corrected chi connectivity index (χ2v) is 2.31. The van der Waals surface area contributed by atoms with Crippen LogP contribution in [0.25, 0.3) is 0 Å². The van der Waals surface area contributed by atoms with Crippen molar-refractivity contribution >= 4 is 5.78 Å². The Balaban J connectivity index is 2.58. The highest BCUT2D eigenvalue weighted by Crippen LogP contribution is 2.08. The molecule has 0 spiro atoms. The summed E-state index contributed by atoms with van der Waals surface area (Å²) < 4.78 is 1.93. The number of carbonyl (C=O) groups is 1. The molecule has 0 aromatic carbocycles. The highest BCUT2D eigenvalue weighted by Gasteiger charge is 2.09. The van der Waals surface area contributed by atoms with Crippen LogP contribution in [0.4, 0.5) is 0 Å². The molecule has 0 bridgehead atoms. The fourth-order valence-corrected chi connectivity index (χ4v) is 1.16. The van der Waals surface area contributed by atoms with Gasteiger partial charge >= 0.3 is 0 Å². The summed E-state index contributed by atoms with van der Waals surface area (Å²) in [7, 11) is 0. The summed E-state index contributed by atoms with van der Waals surface area (Å²) in [6.07, 6.45) is 5.40. The smallest absolute Gasteiger partial charge is 0.201 e. The molecular formula is C8H7NO. The number of fused-ring (bicyclic) bond motifs is 1. The fourth-order valence-electron chi connectivity index (χ4n) is 1.16. The molecule has 1 aliphatic rings. The average molecular weight is 133 g/mol. The molecule has 2 rings (SSSR count). The zero-order valence-electron chi connectivity index (χ0n) is 5.45. The molecule has 1 aromatic heterocycles. The summed E-state index contributed by atoms with van der Waals surface area (Å²) in [5.74, 6) is 0.108. The molecule has 0 unspecified atom stereocenters. The Morgan fingerprint density at radius 1 is 1.50 bits per heavy atom. The van der Waals surface area contributed by atoms with Gasteiger partial charge in [0.25, 0.3) is 0 Å². The lowest BCUT2D eigenvalue weighted by molar-refractivity contribution is 0.103. The molecule has 0 saturated carbocycles. The molecule has 2 nitrogen and oxygen atoms in total. The van der Waals surface area contributed by atoms with E-state index in [-0.39, 0.29) is 5.78 Å². The van der Waals surface area contributed by atoms with Crippen molar-refractivity contribution in [2.45, 2.75) is 6.54 Å². The van der Waals surface area contributed by atoms with Crippen molar-refractivity contribution in [3.63, 3.8) is 0 Å². The van der Waals surface area contributed by atoms with E-state index in [1.807, 2.05) is 29.0 Å². The average Bonchev–Trinajstić information content (AvgIpc) is 2.36. The SMILES string of the molecule is O=C1C=CCn2cccc21. The number of aromatic nitrogens is 1. The van der Waals surface area contributed by atoms with E-state index < -0.39 is 0 Å². The van der Waals surface area contributed by atoms with Crippen molar-refractivity contribution in [2.24, 2.45) is 0 Å². The first-order chi connectivity index (χ1) is 4.88. The van der Waals surface area contributed by atoms with Gasteiger partial charge in [0.05, 0.1) is 5.69 Å². The maximum atomic E-state index is 11.0. The quantitative estimate of drug-likeness (QED) is 0.522. The Kier molecular flexibility index (Phi) is 1.01. The van der Waals surface area contributed by atoms with Crippen LogP contribution in [0.15, 0.2) is 30.5 Å². The van der Waals surface area contributed by atoms with Gasteiger partial charge in [-0.25, -0.2) is 0 Å². The van der Waals surface area contributed by atoms with Crippen LogP contribution in [-0.4, -0.2) is 10.4 Å². The van der Waals surface area contributed by atoms with Crippen LogP contribution < -0.4 is 0 Å². The summed E-state index contributed by atoms with van der Waals surface area (Å²) in [4.78, 5) is 11.0. The maximum absolute atomic E-state index is 11.0. The van der Waals surface area contributed by atoms with Crippen LogP contribution in [-0.2, 0) is 6.54 Å². The van der Waals surface area contributed by atoms with E-state index in [1.165, 1.54) is 0 Å². The van der Waals surface area contributed by atoms with Gasteiger partial charge in [-0.3, -0.25) is 4.79 Å². The maximum Gasteiger partial charge on any atom is 0.201 e. The molecular weight excluding hydrogens is 126 g/mol. The Labute approximate surface area is 58.8 Å². The third kappa shape index (κ3) is 0.620. The lowest BCUT2D eigenvalue weighted by atomic mass is 10.2. The van der Waals surface area contributed by atoms with Crippen LogP contribution in [0.3, 0.4) is 0 Å². The van der Waals surface area contributed by atoms with Crippen molar-refractivity contribution in [3.8, 4) is 0 Å². The summed E-state index contributed by atoms with van der Waals surface area (Å²) in [6, 6.07) is 3.73. The third-order valence-corrected chi connectivity index (χ3v) is 1.65. The molecule has 0 aliphatic carbocycles. The molecule has 2 heterocycles. The number of nitrogens with zero attached hydrogens (tertiary/aromatic N) is 1. The summed E-state index contributed by atoms with van der Waals surface area (Å²) in [5, 5.41) is 0. The minimum absolute atomic E-state index is 0.108. The van der Waals surface area contributed by atoms with Crippen LogP contribution in [0, 0.1) is 0 Å². The van der Waals surface area contributed by atoms with Crippen LogP contribution in [0.2, 0.25) is 0 Å². The first kappa shape index (κ1) is 5.47. The van der Waals surface area contributed by atoms with Gasteiger partial charge in [-0.15, -0.1) is 0 Å². The first-order valence-electron chi connectivity index (χ1n) is 3.24. The number of hydrogen-bond acceptors (Lipinski definition) is 1. The second-order valence-electron chi connectivity index (χ2n) is 2.31. The molecule has 0 atom stereocenters. The monoisotopic (exact) mass is 133 g/mol. The van der Waals surface area contributed by atoms with E-state index >= 15 is 0 Å². The highest BCUT2D eigenvalue weighted by atomic mass is 16.1. The van der Waals surface area contributed by atoms with Gasteiger partial charge < -0.3 is 4.57 Å². The fraction of sp³-hybridized carbons (Fsp3) is 0.125. The predicted molar refractivity (Wildman–Crippen MR) is 37.9 cm³/mol. The van der Waals surface area contributed by atoms with Gasteiger partial charge in [-0.05, 0) is 18.2 Å². The van der Waals surface area contributed by atoms with Gasteiger partial charge in [0, 0.05) is 12.7 Å². The lowest BCUT2D eigenvalue weighted by Gasteiger charge is -2.06. The van der Waals surface area contributed by atoms with Crippen LogP contribution in [0.1, 0.15) is 10.5 Å². The molecule has 10 heavy (non-hydrogen) atoms. The van der Waals surface area contributed by atoms with Crippen molar-refractivity contribution in [1.29, 1.82) is 0 Å². The van der Waals surface area contributed by atoms with Gasteiger partial charge in [0.2, 0.25) is 5.78 Å². The standard InChI is InChI=1S/C8H7NO/c10-8-4-2-6-9-5-1-3-7(8)9/h1-5H,6H2. The van der Waals surface area contributed by atoms with Crippen LogP contribution in [0.5, 0.6) is 0 Å². The molecule has 0 N–H and O–H groups in total. The van der Waals surface area contributed by atoms with Crippen molar-refractivity contribution in [2.75, 3.05) is 0 Å². The molecule has 0 amide bonds. The molecule has 0 saturated heterocycles. The Hall–Kier alpha value is -1.31. The Bertz CT molecular complexity index is 296. The zero-order valence-corrected chi connectivity index (χ0v) is 5.45. The van der Waals surface area contributed by atoms with Gasteiger partial charge in [-0.1, -0.05) is 6.08 Å². The zero-order chi connectivity index (χ0) is 6.97. The van der Waals surface area contributed by atoms with E-state index in [0.717, 1.165) is 12.2 Å². The molecule has 0 fully saturated rings. The molecule has 1 aliphatic heterocycles. The molecule has 0 radical (unpaired) electrons. The van der Waals surface area contributed by atoms with E-state index in [4.69, 9.17) is 0 Å². The van der Waals surface area contributed by atoms with Gasteiger partial charge in [0.1, 0.15) is 0 Å². The summed E-state index contributed by atoms with van der Waals surface area (Å²) in [6.45, 7) is 0.827. The minimum Gasteiger partial charge on any atom is -0.341 e. The second kappa shape index (κ2) is 1.84. The van der Waals surface area contributed by atoms with E-state index in [9.17, 15) is 4.79 Å². The molecule has 1 aromatic rings. The van der Waals surface area contributed by atoms with Crippen LogP contribution >= 0.6 is 0 Å². The largest absolute Gasteiger partial charge is 0.341 e. The summed E-state index contributed by atoms with van der Waals surface area (Å²) >= 11 is 0. The van der Waals surface area contributed by atoms with Gasteiger partial charge in [0.15, 0.2) is 0 Å². The van der Waals surface area contributed by atoms with E-state index in [1.54, 1.807) is 6.08 Å². The number of ketones is 1. The molecule has 2 heteroatoms. The number of rotatable bonds is 0. The molecule has 50 valence electrons. The normalized spacial score (nSPS) is 15.4. The lowest BCUT2D eigenvalue weighted by Crippen LogP contribution is -2.09. The van der Waals surface area contributed by atoms with E-state index in [0.29, 0.717) is 0 Å². The predicted octanol–water partition coefficient (Wildman–Crippen LogP) is 1.24. The van der Waals surface area contributed by atoms with Crippen molar-refractivity contribution in [3.05, 3.63) is 36.2 Å². The van der Waals surface area contributed by atoms with Crippen molar-refractivity contribution in [1.82, 2.24) is 4.57 Å². The number of carbonyl (C=O) groups excluding carboxylic acids is 1. The van der Waals surface area contributed by atoms with Gasteiger partial charge in [-0.2, -0.15) is 0 Å². The number of allylic oxidation sites excluding steroid dienone is 2. The minimum atomic E-state index is 0.108. The third-order valence-electron chi connectivity index (χ3n) is 1.65. The summed E-state index contributed by atoms with van der Waals surface area (Å²) in [5.41, 5.74) is 0.794. The van der Waals surface area contributed by atoms with Crippen molar-refractivity contribution < 1.29 is 4.79 Å². The Morgan fingerprint density at radius 2 is 2.40 bits per heavy atom. The van der Waals surface area contributed by atoms with E-state index in [2.05, 4.69) is 0 Å². The topological polar surface area (TPSA) is 22.0 Å². The first-order valence-corrected chi connectivity index (χ1v) is 3.24. The highest BCUT2D eigenvalue weighted by molar-refractivity contribution is 6.03.